The fourth-order valence-electron chi connectivity index (χ4n) is 2.03. The number of aromatic nitrogens is 1. The predicted molar refractivity (Wildman–Crippen MR) is 75.1 cm³/mol. The first-order valence-electron chi connectivity index (χ1n) is 6.16. The zero-order chi connectivity index (χ0) is 13.8. The zero-order valence-electron chi connectivity index (χ0n) is 11.0. The minimum absolute atomic E-state index is 0.0598. The maximum atomic E-state index is 10.8. The summed E-state index contributed by atoms with van der Waals surface area (Å²) in [6.45, 7) is 4.90. The summed E-state index contributed by atoms with van der Waals surface area (Å²) in [5, 5.41) is 8.86. The molecule has 19 heavy (non-hydrogen) atoms. The minimum Gasteiger partial charge on any atom is -0.477 e. The predicted octanol–water partition coefficient (Wildman–Crippen LogP) is 3.25. The Bertz CT molecular complexity index is 579. The van der Waals surface area contributed by atoms with Gasteiger partial charge in [0.25, 0.3) is 0 Å². The number of carbonyl (C=O) groups is 1. The van der Waals surface area contributed by atoms with Crippen LogP contribution in [0.2, 0.25) is 0 Å². The number of aryl methyl sites for hydroxylation is 1. The molecule has 0 aliphatic heterocycles. The summed E-state index contributed by atoms with van der Waals surface area (Å²) in [5.74, 6) is -1.01. The second kappa shape index (κ2) is 5.52. The van der Waals surface area contributed by atoms with Crippen molar-refractivity contribution in [1.29, 1.82) is 0 Å². The monoisotopic (exact) mass is 256 g/mol. The van der Waals surface area contributed by atoms with Crippen LogP contribution in [0.3, 0.4) is 0 Å². The van der Waals surface area contributed by atoms with Crippen molar-refractivity contribution in [1.82, 2.24) is 4.98 Å². The molecule has 98 valence electrons. The molecule has 0 saturated carbocycles. The van der Waals surface area contributed by atoms with Gasteiger partial charge in [0.15, 0.2) is 0 Å². The molecule has 0 spiro atoms. The molecular formula is C15H16N2O2. The second-order valence-corrected chi connectivity index (χ2v) is 4.24. The van der Waals surface area contributed by atoms with Crippen molar-refractivity contribution < 1.29 is 9.90 Å². The van der Waals surface area contributed by atoms with Crippen molar-refractivity contribution in [2.24, 2.45) is 0 Å². The highest BCUT2D eigenvalue weighted by Crippen LogP contribution is 2.27. The van der Waals surface area contributed by atoms with Crippen LogP contribution in [0.25, 0.3) is 0 Å². The standard InChI is InChI=1S/C15H16N2O2/c1-3-17(14-7-5-4-6-11(14)2)12-8-9-13(15(18)19)16-10-12/h4-10H,3H2,1-2H3,(H,18,19). The summed E-state index contributed by atoms with van der Waals surface area (Å²) in [4.78, 5) is 16.9. The Kier molecular flexibility index (Phi) is 3.80. The Morgan fingerprint density at radius 1 is 1.26 bits per heavy atom. The minimum atomic E-state index is -1.01. The largest absolute Gasteiger partial charge is 0.477 e. The number of carboxylic acids is 1. The van der Waals surface area contributed by atoms with Gasteiger partial charge in [-0.05, 0) is 37.6 Å². The number of rotatable bonds is 4. The highest BCUT2D eigenvalue weighted by atomic mass is 16.4. The summed E-state index contributed by atoms with van der Waals surface area (Å²) in [6.07, 6.45) is 1.60. The van der Waals surface area contributed by atoms with Crippen molar-refractivity contribution in [3.63, 3.8) is 0 Å². The molecule has 0 aliphatic rings. The highest BCUT2D eigenvalue weighted by Gasteiger charge is 2.11. The van der Waals surface area contributed by atoms with Gasteiger partial charge in [0.05, 0.1) is 11.9 Å². The van der Waals surface area contributed by atoms with Gasteiger partial charge in [0.1, 0.15) is 5.69 Å². The fourth-order valence-corrected chi connectivity index (χ4v) is 2.03. The summed E-state index contributed by atoms with van der Waals surface area (Å²) in [6, 6.07) is 11.4. The van der Waals surface area contributed by atoms with Crippen molar-refractivity contribution in [2.45, 2.75) is 13.8 Å². The van der Waals surface area contributed by atoms with E-state index >= 15 is 0 Å². The van der Waals surface area contributed by atoms with Crippen LogP contribution in [0.4, 0.5) is 11.4 Å². The third kappa shape index (κ3) is 2.73. The van der Waals surface area contributed by atoms with Crippen LogP contribution in [0.15, 0.2) is 42.6 Å². The van der Waals surface area contributed by atoms with Gasteiger partial charge >= 0.3 is 5.97 Å². The van der Waals surface area contributed by atoms with E-state index in [1.54, 1.807) is 12.3 Å². The molecule has 1 aromatic carbocycles. The third-order valence-electron chi connectivity index (χ3n) is 3.00. The van der Waals surface area contributed by atoms with E-state index in [4.69, 9.17) is 5.11 Å². The molecule has 4 heteroatoms. The Morgan fingerprint density at radius 2 is 2.00 bits per heavy atom. The Morgan fingerprint density at radius 3 is 2.53 bits per heavy atom. The van der Waals surface area contributed by atoms with Crippen LogP contribution in [0.5, 0.6) is 0 Å². The molecule has 2 rings (SSSR count). The molecule has 1 heterocycles. The van der Waals surface area contributed by atoms with E-state index in [2.05, 4.69) is 29.8 Å². The summed E-state index contributed by atoms with van der Waals surface area (Å²) in [7, 11) is 0. The number of hydrogen-bond donors (Lipinski definition) is 1. The smallest absolute Gasteiger partial charge is 0.354 e. The number of carboxylic acid groups (broad SMARTS) is 1. The molecule has 1 N–H and O–H groups in total. The first kappa shape index (κ1) is 13.1. The van der Waals surface area contributed by atoms with Crippen LogP contribution in [0, 0.1) is 6.92 Å². The number of pyridine rings is 1. The van der Waals surface area contributed by atoms with E-state index in [-0.39, 0.29) is 5.69 Å². The number of hydrogen-bond acceptors (Lipinski definition) is 3. The molecule has 0 radical (unpaired) electrons. The van der Waals surface area contributed by atoms with Gasteiger partial charge in [-0.1, -0.05) is 18.2 Å². The van der Waals surface area contributed by atoms with Crippen LogP contribution >= 0.6 is 0 Å². The quantitative estimate of drug-likeness (QED) is 0.912. The molecular weight excluding hydrogens is 240 g/mol. The maximum Gasteiger partial charge on any atom is 0.354 e. The number of aromatic carboxylic acids is 1. The van der Waals surface area contributed by atoms with E-state index < -0.39 is 5.97 Å². The van der Waals surface area contributed by atoms with Crippen LogP contribution < -0.4 is 4.90 Å². The number of anilines is 2. The Labute approximate surface area is 112 Å². The molecule has 0 fully saturated rings. The number of benzene rings is 1. The molecule has 0 unspecified atom stereocenters. The normalized spacial score (nSPS) is 10.2. The van der Waals surface area contributed by atoms with E-state index in [0.29, 0.717) is 0 Å². The van der Waals surface area contributed by atoms with Crippen molar-refractivity contribution in [3.05, 3.63) is 53.9 Å². The SMILES string of the molecule is CCN(c1ccc(C(=O)O)nc1)c1ccccc1C. The van der Waals surface area contributed by atoms with E-state index in [0.717, 1.165) is 17.9 Å². The Hall–Kier alpha value is -2.36. The topological polar surface area (TPSA) is 53.4 Å². The summed E-state index contributed by atoms with van der Waals surface area (Å²) >= 11 is 0. The van der Waals surface area contributed by atoms with Gasteiger partial charge in [-0.2, -0.15) is 0 Å². The van der Waals surface area contributed by atoms with Crippen LogP contribution in [-0.2, 0) is 0 Å². The van der Waals surface area contributed by atoms with Crippen molar-refractivity contribution in [3.8, 4) is 0 Å². The lowest BCUT2D eigenvalue weighted by atomic mass is 10.1. The maximum absolute atomic E-state index is 10.8. The van der Waals surface area contributed by atoms with Gasteiger partial charge in [-0.3, -0.25) is 0 Å². The summed E-state index contributed by atoms with van der Waals surface area (Å²) < 4.78 is 0. The van der Waals surface area contributed by atoms with Crippen molar-refractivity contribution >= 4 is 17.3 Å². The van der Waals surface area contributed by atoms with Crippen molar-refractivity contribution in [2.75, 3.05) is 11.4 Å². The zero-order valence-corrected chi connectivity index (χ0v) is 11.0. The van der Waals surface area contributed by atoms with E-state index in [1.807, 2.05) is 18.2 Å². The average Bonchev–Trinajstić information content (AvgIpc) is 2.42. The van der Waals surface area contributed by atoms with Gasteiger partial charge in [-0.25, -0.2) is 9.78 Å². The highest BCUT2D eigenvalue weighted by molar-refractivity contribution is 5.85. The molecule has 1 aromatic heterocycles. The van der Waals surface area contributed by atoms with Crippen LogP contribution in [-0.4, -0.2) is 22.6 Å². The lowest BCUT2D eigenvalue weighted by Gasteiger charge is -2.24. The molecule has 0 saturated heterocycles. The average molecular weight is 256 g/mol. The first-order chi connectivity index (χ1) is 9.13. The van der Waals surface area contributed by atoms with Gasteiger partial charge < -0.3 is 10.0 Å². The van der Waals surface area contributed by atoms with Gasteiger partial charge in [0, 0.05) is 12.2 Å². The summed E-state index contributed by atoms with van der Waals surface area (Å²) in [5.41, 5.74) is 3.23. The molecule has 0 amide bonds. The molecule has 0 bridgehead atoms. The van der Waals surface area contributed by atoms with E-state index in [9.17, 15) is 4.79 Å². The number of para-hydroxylation sites is 1. The van der Waals surface area contributed by atoms with Crippen LogP contribution in [0.1, 0.15) is 23.0 Å². The van der Waals surface area contributed by atoms with E-state index in [1.165, 1.54) is 11.6 Å². The molecule has 2 aromatic rings. The lowest BCUT2D eigenvalue weighted by molar-refractivity contribution is 0.0690. The Balaban J connectivity index is 2.37. The fraction of sp³-hybridized carbons (Fsp3) is 0.200. The third-order valence-corrected chi connectivity index (χ3v) is 3.00. The van der Waals surface area contributed by atoms with Gasteiger partial charge in [0.2, 0.25) is 0 Å². The lowest BCUT2D eigenvalue weighted by Crippen LogP contribution is -2.17. The molecule has 0 aliphatic carbocycles. The molecule has 4 nitrogen and oxygen atoms in total. The first-order valence-corrected chi connectivity index (χ1v) is 6.16. The number of nitrogens with zero attached hydrogens (tertiary/aromatic N) is 2. The van der Waals surface area contributed by atoms with Gasteiger partial charge in [-0.15, -0.1) is 0 Å². The molecule has 0 atom stereocenters. The second-order valence-electron chi connectivity index (χ2n) is 4.24.